The second kappa shape index (κ2) is 63.6. The Balaban J connectivity index is 0.000000385. The van der Waals surface area contributed by atoms with Crippen LogP contribution in [0.4, 0.5) is 0 Å². The standard InChI is InChI=1S/C69H111N3O6.C45H63N3O3/c1-13-25-31-52(19-7)46-73-61-40-37-58(43-64(61)76-49-55(22-10)34-28-16-4)67-70-68(59-38-41-62(74-47-53(20-8)32-26-14-2)65(44-59)77-50-56(23-11)35-29-17-5)72-69(71-67)60-39-42-63(75-48-54(21-9)33-27-15-3)66(45-60)78-51-57(24-12)36-30-18-6;1-7-13-16-34(10-4)31-49-40-25-19-37(20-26-40)43-46-44(38-21-27-41(28-22-38)50-32-35(11-5)17-14-8-2)48-45(47-43)39-23-29-42(30-24-39)51-33-36(12-6)18-15-9-3/h37-45,52-57H,13-36,46-51H2,1-12H3;19-30,34-36H,7-18,31-33H2,1-6H3. The summed E-state index contributed by atoms with van der Waals surface area (Å²) in [6.45, 7) is 46.7. The lowest BCUT2D eigenvalue weighted by Crippen LogP contribution is -2.14. The zero-order chi connectivity index (χ0) is 92.6. The predicted octanol–water partition coefficient (Wildman–Crippen LogP) is 33.1. The van der Waals surface area contributed by atoms with E-state index in [0.717, 1.165) is 201 Å². The van der Waals surface area contributed by atoms with Gasteiger partial charge in [-0.05, 0) is 238 Å². The summed E-state index contributed by atoms with van der Waals surface area (Å²) in [4.78, 5) is 30.9. The number of rotatable bonds is 69. The van der Waals surface area contributed by atoms with Crippen molar-refractivity contribution in [1.82, 2.24) is 29.9 Å². The van der Waals surface area contributed by atoms with E-state index in [1.54, 1.807) is 0 Å². The van der Waals surface area contributed by atoms with Crippen LogP contribution < -0.4 is 42.6 Å². The molecule has 0 amide bonds. The Morgan fingerprint density at radius 1 is 0.171 bits per heavy atom. The molecule has 8 aromatic rings. The Morgan fingerprint density at radius 2 is 0.318 bits per heavy atom. The van der Waals surface area contributed by atoms with Crippen molar-refractivity contribution in [1.29, 1.82) is 0 Å². The smallest absolute Gasteiger partial charge is 0.164 e. The average Bonchev–Trinajstić information content (AvgIpc) is 0.781. The highest BCUT2D eigenvalue weighted by Gasteiger charge is 2.25. The highest BCUT2D eigenvalue weighted by atomic mass is 16.5. The molecule has 0 bridgehead atoms. The lowest BCUT2D eigenvalue weighted by molar-refractivity contribution is 0.199. The van der Waals surface area contributed by atoms with E-state index in [2.05, 4.69) is 179 Å². The summed E-state index contributed by atoms with van der Waals surface area (Å²) in [7, 11) is 0. The molecule has 714 valence electrons. The molecule has 0 aliphatic rings. The van der Waals surface area contributed by atoms with Crippen LogP contribution in [0, 0.1) is 53.3 Å². The number of aromatic nitrogens is 6. The molecule has 0 N–H and O–H groups in total. The van der Waals surface area contributed by atoms with Crippen molar-refractivity contribution in [3.8, 4) is 120 Å². The molecule has 0 aliphatic heterocycles. The first-order valence-corrected chi connectivity index (χ1v) is 52.0. The Hall–Kier alpha value is -8.46. The third-order valence-electron chi connectivity index (χ3n) is 26.4. The molecule has 0 saturated carbocycles. The highest BCUT2D eigenvalue weighted by Crippen LogP contribution is 2.41. The van der Waals surface area contributed by atoms with Crippen LogP contribution in [-0.4, -0.2) is 89.4 Å². The van der Waals surface area contributed by atoms with Gasteiger partial charge in [0, 0.05) is 33.4 Å². The van der Waals surface area contributed by atoms with Crippen LogP contribution in [0.2, 0.25) is 0 Å². The van der Waals surface area contributed by atoms with Crippen LogP contribution in [0.25, 0.3) is 68.3 Å². The first-order chi connectivity index (χ1) is 63.1. The minimum atomic E-state index is 0.448. The highest BCUT2D eigenvalue weighted by molar-refractivity contribution is 5.72. The molecule has 2 aromatic heterocycles. The van der Waals surface area contributed by atoms with Gasteiger partial charge in [0.25, 0.3) is 0 Å². The molecule has 9 unspecified atom stereocenters. The molecule has 15 heteroatoms. The monoisotopic (exact) mass is 1770 g/mol. The maximum absolute atomic E-state index is 6.83. The number of benzene rings is 6. The first-order valence-electron chi connectivity index (χ1n) is 52.0. The van der Waals surface area contributed by atoms with Gasteiger partial charge in [0.05, 0.1) is 59.5 Å². The minimum Gasteiger partial charge on any atom is -0.493 e. The number of hydrogen-bond donors (Lipinski definition) is 0. The fourth-order valence-corrected chi connectivity index (χ4v) is 16.2. The van der Waals surface area contributed by atoms with Crippen LogP contribution in [-0.2, 0) is 0 Å². The molecular formula is C114H174N6O9. The third kappa shape index (κ3) is 38.3. The summed E-state index contributed by atoms with van der Waals surface area (Å²) in [5.74, 6) is 15.1. The van der Waals surface area contributed by atoms with E-state index in [1.807, 2.05) is 72.8 Å². The molecule has 129 heavy (non-hydrogen) atoms. The Bertz CT molecular complexity index is 3800. The van der Waals surface area contributed by atoms with Gasteiger partial charge in [-0.15, -0.1) is 0 Å². The largest absolute Gasteiger partial charge is 0.493 e. The number of ether oxygens (including phenoxy) is 9. The topological polar surface area (TPSA) is 160 Å². The van der Waals surface area contributed by atoms with Crippen molar-refractivity contribution in [2.45, 2.75) is 356 Å². The van der Waals surface area contributed by atoms with Gasteiger partial charge in [-0.1, -0.05) is 298 Å². The molecule has 6 aromatic carbocycles. The summed E-state index contributed by atoms with van der Waals surface area (Å²) in [5.41, 5.74) is 5.23. The molecule has 2 heterocycles. The fourth-order valence-electron chi connectivity index (χ4n) is 16.2. The average molecular weight is 1770 g/mol. The molecule has 0 saturated heterocycles. The van der Waals surface area contributed by atoms with Gasteiger partial charge in [-0.3, -0.25) is 0 Å². The lowest BCUT2D eigenvalue weighted by Gasteiger charge is -2.21. The van der Waals surface area contributed by atoms with Gasteiger partial charge in [-0.25, -0.2) is 29.9 Å². The molecular weight excluding hydrogens is 1600 g/mol. The Kier molecular flexibility index (Phi) is 53.0. The van der Waals surface area contributed by atoms with Crippen molar-refractivity contribution in [2.75, 3.05) is 59.5 Å². The van der Waals surface area contributed by atoms with Crippen molar-refractivity contribution in [3.05, 3.63) is 127 Å². The van der Waals surface area contributed by atoms with Gasteiger partial charge in [0.2, 0.25) is 0 Å². The van der Waals surface area contributed by atoms with Crippen LogP contribution in [0.15, 0.2) is 127 Å². The maximum Gasteiger partial charge on any atom is 0.164 e. The van der Waals surface area contributed by atoms with E-state index in [4.69, 9.17) is 72.5 Å². The normalized spacial score (nSPS) is 13.5. The second-order valence-corrected chi connectivity index (χ2v) is 36.7. The van der Waals surface area contributed by atoms with Crippen LogP contribution in [0.5, 0.6) is 51.7 Å². The van der Waals surface area contributed by atoms with Gasteiger partial charge in [0.1, 0.15) is 17.2 Å². The van der Waals surface area contributed by atoms with Crippen LogP contribution >= 0.6 is 0 Å². The lowest BCUT2D eigenvalue weighted by atomic mass is 10.0. The zero-order valence-electron chi connectivity index (χ0n) is 84.0. The quantitative estimate of drug-likeness (QED) is 0.0354. The van der Waals surface area contributed by atoms with E-state index < -0.39 is 0 Å². The predicted molar refractivity (Wildman–Crippen MR) is 541 cm³/mol. The summed E-state index contributed by atoms with van der Waals surface area (Å²) in [6.07, 6.45) is 41.8. The molecule has 9 atom stereocenters. The fraction of sp³-hybridized carbons (Fsp3) is 0.632. The van der Waals surface area contributed by atoms with Gasteiger partial charge < -0.3 is 42.6 Å². The van der Waals surface area contributed by atoms with Gasteiger partial charge in [-0.2, -0.15) is 0 Å². The minimum absolute atomic E-state index is 0.448. The summed E-state index contributed by atoms with van der Waals surface area (Å²) in [6, 6.07) is 43.1. The van der Waals surface area contributed by atoms with Gasteiger partial charge in [0.15, 0.2) is 69.4 Å². The molecule has 8 rings (SSSR count). The van der Waals surface area contributed by atoms with Crippen molar-refractivity contribution in [2.24, 2.45) is 53.3 Å². The molecule has 0 spiro atoms. The zero-order valence-corrected chi connectivity index (χ0v) is 84.0. The van der Waals surface area contributed by atoms with Crippen LogP contribution in [0.3, 0.4) is 0 Å². The van der Waals surface area contributed by atoms with E-state index in [9.17, 15) is 0 Å². The molecule has 0 fully saturated rings. The molecule has 0 radical (unpaired) electrons. The van der Waals surface area contributed by atoms with E-state index in [-0.39, 0.29) is 0 Å². The van der Waals surface area contributed by atoms with E-state index in [0.29, 0.717) is 128 Å². The number of nitrogens with zero attached hydrogens (tertiary/aromatic N) is 6. The van der Waals surface area contributed by atoms with Crippen LogP contribution in [0.1, 0.15) is 356 Å². The van der Waals surface area contributed by atoms with E-state index in [1.165, 1.54) is 135 Å². The maximum atomic E-state index is 6.83. The number of hydrogen-bond acceptors (Lipinski definition) is 15. The van der Waals surface area contributed by atoms with Crippen molar-refractivity contribution < 1.29 is 42.6 Å². The van der Waals surface area contributed by atoms with Crippen molar-refractivity contribution >= 4 is 0 Å². The Labute approximate surface area is 783 Å². The first kappa shape index (κ1) is 108. The summed E-state index contributed by atoms with van der Waals surface area (Å²) < 4.78 is 59.1. The summed E-state index contributed by atoms with van der Waals surface area (Å²) >= 11 is 0. The Morgan fingerprint density at radius 3 is 0.481 bits per heavy atom. The molecule has 15 nitrogen and oxygen atoms in total. The van der Waals surface area contributed by atoms with Gasteiger partial charge >= 0.3 is 0 Å². The number of unbranched alkanes of at least 4 members (excludes halogenated alkanes) is 9. The SMILES string of the molecule is CCCCC(CC)COc1ccc(-c2nc(-c3ccc(OCC(CC)CCCC)c(OCC(CC)CCCC)c3)nc(-c3ccc(OCC(CC)CCCC)c(OCC(CC)CCCC)c3)n2)cc1OCC(CC)CCCC.CCCCC(CC)COc1ccc(-c2nc(-c3ccc(OCC(CC)CCCC)cc3)nc(-c3ccc(OCC(CC)CCCC)cc3)n2)cc1. The van der Waals surface area contributed by atoms with E-state index >= 15 is 0 Å². The van der Waals surface area contributed by atoms with Crippen molar-refractivity contribution in [3.63, 3.8) is 0 Å². The summed E-state index contributed by atoms with van der Waals surface area (Å²) in [5, 5.41) is 0. The molecule has 0 aliphatic carbocycles. The second-order valence-electron chi connectivity index (χ2n) is 36.7. The third-order valence-corrected chi connectivity index (χ3v) is 26.4.